The lowest BCUT2D eigenvalue weighted by atomic mass is 9.83. The SMILES string of the molecule is CC(C)=CCC/C(C)=C/CC[C@@]1(C)Oc2c(c(N=C(c3ccccc3)c3ccccc3)cc3c2CN(CCC[C@@H](C(=O)O)N2Cc4c(cc(N=C(c5ccccc5)c5ccccc5)c5c4O[C@](C)(CC/C=C(\C)CCC=C(C)C)[C@@H](O)C5)C2=O)C3=O)C[C@@H]1O. The van der Waals surface area contributed by atoms with Crippen LogP contribution in [0.1, 0.15) is 185 Å². The fourth-order valence-corrected chi connectivity index (χ4v) is 12.8. The van der Waals surface area contributed by atoms with Crippen LogP contribution in [0.5, 0.6) is 11.5 Å². The van der Waals surface area contributed by atoms with Gasteiger partial charge in [0.25, 0.3) is 11.8 Å². The van der Waals surface area contributed by atoms with E-state index >= 15 is 4.79 Å². The topological polar surface area (TPSA) is 162 Å². The number of carbonyl (C=O) groups is 3. The molecule has 6 aromatic carbocycles. The van der Waals surface area contributed by atoms with E-state index in [0.717, 1.165) is 53.5 Å². The molecule has 4 heterocycles. The van der Waals surface area contributed by atoms with Gasteiger partial charge in [0.1, 0.15) is 28.7 Å². The van der Waals surface area contributed by atoms with E-state index in [2.05, 4.69) is 65.8 Å². The molecule has 0 unspecified atom stereocenters. The predicted octanol–water partition coefficient (Wildman–Crippen LogP) is 15.9. The van der Waals surface area contributed by atoms with Gasteiger partial charge in [0, 0.05) is 63.9 Å². The minimum atomic E-state index is -1.25. The van der Waals surface area contributed by atoms with Crippen molar-refractivity contribution in [2.45, 2.75) is 175 Å². The third-order valence-corrected chi connectivity index (χ3v) is 18.2. The molecule has 12 nitrogen and oxygen atoms in total. The van der Waals surface area contributed by atoms with Gasteiger partial charge in [0.15, 0.2) is 0 Å². The standard InChI is InChI=1S/C77H86N4O8/c1-50(2)26-21-28-52(5)30-23-41-76(7)67(82)46-60-64(78-69(54-32-13-9-14-33-54)55-34-15-10-16-35-55)44-58-62(71(60)88-76)48-80(73(58)84)43-25-40-66(75(86)87)81-49-63-59(74(81)85)45-65(79-70(56-36-17-11-18-37-56)57-38-19-12-20-39-57)61-47-68(83)77(8,89-72(61)63)42-24-31-53(6)29-22-27-51(3)4/h9-20,26-27,30-39,44-45,66-68,82-83H,21-25,28-29,40-43,46-49H2,1-8H3,(H,86,87)/b52-30+,53-31+/t66-,67-,68-,76+,77+/m0/s1. The quantitative estimate of drug-likeness (QED) is 0.0399. The maximum absolute atomic E-state index is 15.1. The Kier molecular flexibility index (Phi) is 20.0. The lowest BCUT2D eigenvalue weighted by molar-refractivity contribution is -0.142. The molecule has 0 saturated carbocycles. The first-order chi connectivity index (χ1) is 42.8. The summed E-state index contributed by atoms with van der Waals surface area (Å²) in [5, 5.41) is 35.3. The number of aliphatic hydroxyl groups excluding tert-OH is 2. The van der Waals surface area contributed by atoms with Crippen molar-refractivity contribution in [3.8, 4) is 11.5 Å². The number of carboxylic acid groups (broad SMARTS) is 1. The van der Waals surface area contributed by atoms with Crippen LogP contribution in [0.3, 0.4) is 0 Å². The number of benzene rings is 6. The number of carboxylic acids is 1. The van der Waals surface area contributed by atoms with Crippen LogP contribution >= 0.6 is 0 Å². The summed E-state index contributed by atoms with van der Waals surface area (Å²) in [5.74, 6) is -0.836. The number of aliphatic hydroxyl groups is 2. The van der Waals surface area contributed by atoms with E-state index in [9.17, 15) is 24.9 Å². The fraction of sp³-hybridized carbons (Fsp3) is 0.364. The first kappa shape index (κ1) is 63.6. The van der Waals surface area contributed by atoms with E-state index in [4.69, 9.17) is 19.5 Å². The van der Waals surface area contributed by atoms with Gasteiger partial charge in [-0.2, -0.15) is 0 Å². The molecule has 2 amide bonds. The van der Waals surface area contributed by atoms with Gasteiger partial charge in [0.05, 0.1) is 59.2 Å². The second-order valence-electron chi connectivity index (χ2n) is 25.6. The highest BCUT2D eigenvalue weighted by atomic mass is 16.5. The van der Waals surface area contributed by atoms with E-state index in [-0.39, 0.29) is 51.2 Å². The predicted molar refractivity (Wildman–Crippen MR) is 355 cm³/mol. The number of hydrogen-bond acceptors (Lipinski definition) is 9. The molecule has 89 heavy (non-hydrogen) atoms. The number of ether oxygens (including phenoxy) is 2. The second-order valence-corrected chi connectivity index (χ2v) is 25.6. The van der Waals surface area contributed by atoms with Crippen LogP contribution in [0.2, 0.25) is 0 Å². The van der Waals surface area contributed by atoms with Crippen LogP contribution < -0.4 is 9.47 Å². The van der Waals surface area contributed by atoms with Crippen molar-refractivity contribution in [2.24, 2.45) is 9.98 Å². The Labute approximate surface area is 525 Å². The molecule has 0 aliphatic carbocycles. The van der Waals surface area contributed by atoms with Gasteiger partial charge < -0.3 is 34.6 Å². The number of nitrogens with zero attached hydrogens (tertiary/aromatic N) is 4. The zero-order valence-electron chi connectivity index (χ0n) is 53.0. The molecule has 4 aliphatic rings. The molecule has 10 rings (SSSR count). The first-order valence-corrected chi connectivity index (χ1v) is 31.7. The number of hydrogen-bond donors (Lipinski definition) is 3. The minimum Gasteiger partial charge on any atom is -0.484 e. The third-order valence-electron chi connectivity index (χ3n) is 18.2. The Morgan fingerprint density at radius 1 is 0.562 bits per heavy atom. The Balaban J connectivity index is 0.945. The van der Waals surface area contributed by atoms with Gasteiger partial charge in [0.2, 0.25) is 0 Å². The zero-order chi connectivity index (χ0) is 63.0. The van der Waals surface area contributed by atoms with Gasteiger partial charge in [-0.05, 0) is 132 Å². The molecular formula is C77H86N4O8. The number of aliphatic imine (C=N–C) groups is 2. The van der Waals surface area contributed by atoms with Gasteiger partial charge >= 0.3 is 5.97 Å². The Morgan fingerprint density at radius 3 is 1.35 bits per heavy atom. The highest BCUT2D eigenvalue weighted by molar-refractivity contribution is 6.15. The number of aliphatic carboxylic acids is 1. The van der Waals surface area contributed by atoms with E-state index < -0.39 is 41.3 Å². The minimum absolute atomic E-state index is 0.0259. The number of allylic oxidation sites excluding steroid dienone is 8. The Morgan fingerprint density at radius 2 is 0.955 bits per heavy atom. The van der Waals surface area contributed by atoms with Crippen molar-refractivity contribution < 1.29 is 39.2 Å². The summed E-state index contributed by atoms with van der Waals surface area (Å²) in [6.07, 6.45) is 14.1. The van der Waals surface area contributed by atoms with Crippen molar-refractivity contribution in [2.75, 3.05) is 6.54 Å². The number of carbonyl (C=O) groups excluding carboxylic acids is 2. The van der Waals surface area contributed by atoms with Crippen LogP contribution in [-0.2, 0) is 30.7 Å². The summed E-state index contributed by atoms with van der Waals surface area (Å²) in [7, 11) is 0. The van der Waals surface area contributed by atoms with Crippen LogP contribution in [0, 0.1) is 0 Å². The van der Waals surface area contributed by atoms with E-state index in [1.165, 1.54) is 27.2 Å². The maximum Gasteiger partial charge on any atom is 0.326 e. The summed E-state index contributed by atoms with van der Waals surface area (Å²) in [4.78, 5) is 57.5. The van der Waals surface area contributed by atoms with E-state index in [1.807, 2.05) is 141 Å². The molecule has 0 fully saturated rings. The van der Waals surface area contributed by atoms with Crippen LogP contribution in [-0.4, -0.2) is 90.3 Å². The molecule has 0 bridgehead atoms. The largest absolute Gasteiger partial charge is 0.484 e. The maximum atomic E-state index is 15.1. The lowest BCUT2D eigenvalue weighted by Gasteiger charge is -2.41. The molecule has 0 radical (unpaired) electrons. The number of fused-ring (bicyclic) bond motifs is 6. The first-order valence-electron chi connectivity index (χ1n) is 31.7. The lowest BCUT2D eigenvalue weighted by Crippen LogP contribution is -2.49. The van der Waals surface area contributed by atoms with Gasteiger partial charge in [-0.3, -0.25) is 9.59 Å². The molecule has 5 atom stereocenters. The average Bonchev–Trinajstić information content (AvgIpc) is 1.71. The smallest absolute Gasteiger partial charge is 0.326 e. The Hall–Kier alpha value is -8.45. The summed E-state index contributed by atoms with van der Waals surface area (Å²) < 4.78 is 14.1. The molecule has 12 heteroatoms. The summed E-state index contributed by atoms with van der Waals surface area (Å²) >= 11 is 0. The highest BCUT2D eigenvalue weighted by Crippen LogP contribution is 2.50. The molecule has 4 aliphatic heterocycles. The normalized spacial score (nSPS) is 19.7. The summed E-state index contributed by atoms with van der Waals surface area (Å²) in [6.45, 7) is 16.9. The van der Waals surface area contributed by atoms with E-state index in [0.29, 0.717) is 87.8 Å². The Bertz CT molecular complexity index is 3680. The van der Waals surface area contributed by atoms with Crippen molar-refractivity contribution in [3.05, 3.63) is 236 Å². The molecule has 3 N–H and O–H groups in total. The molecule has 0 saturated heterocycles. The van der Waals surface area contributed by atoms with Crippen LogP contribution in [0.25, 0.3) is 0 Å². The van der Waals surface area contributed by atoms with Crippen molar-refractivity contribution in [1.29, 1.82) is 0 Å². The highest BCUT2D eigenvalue weighted by Gasteiger charge is 2.47. The number of rotatable bonds is 24. The van der Waals surface area contributed by atoms with Gasteiger partial charge in [-0.1, -0.05) is 168 Å². The van der Waals surface area contributed by atoms with Crippen molar-refractivity contribution in [1.82, 2.24) is 9.80 Å². The van der Waals surface area contributed by atoms with Crippen LogP contribution in [0.4, 0.5) is 11.4 Å². The molecule has 0 spiro atoms. The number of amides is 2. The average molecular weight is 1200 g/mol. The monoisotopic (exact) mass is 1190 g/mol. The summed E-state index contributed by atoms with van der Waals surface area (Å²) in [6, 6.07) is 41.8. The molecule has 0 aromatic heterocycles. The molecule has 6 aromatic rings. The zero-order valence-corrected chi connectivity index (χ0v) is 53.0. The van der Waals surface area contributed by atoms with E-state index in [1.54, 1.807) is 11.0 Å². The van der Waals surface area contributed by atoms with Gasteiger partial charge in [-0.15, -0.1) is 0 Å². The summed E-state index contributed by atoms with van der Waals surface area (Å²) in [5.41, 5.74) is 12.4. The molecular weight excluding hydrogens is 1110 g/mol. The second kappa shape index (κ2) is 27.9. The third kappa shape index (κ3) is 14.5. The van der Waals surface area contributed by atoms with Crippen molar-refractivity contribution >= 4 is 40.6 Å². The van der Waals surface area contributed by atoms with Crippen molar-refractivity contribution in [3.63, 3.8) is 0 Å². The van der Waals surface area contributed by atoms with Gasteiger partial charge in [-0.25, -0.2) is 14.8 Å². The fourth-order valence-electron chi connectivity index (χ4n) is 12.8. The molecule has 462 valence electrons. The van der Waals surface area contributed by atoms with Crippen LogP contribution in [0.15, 0.2) is 190 Å².